The molecule has 0 aliphatic heterocycles. The van der Waals surface area contributed by atoms with Gasteiger partial charge in [0.15, 0.2) is 0 Å². The lowest BCUT2D eigenvalue weighted by Gasteiger charge is -2.08. The van der Waals surface area contributed by atoms with Gasteiger partial charge in [0.2, 0.25) is 5.91 Å². The summed E-state index contributed by atoms with van der Waals surface area (Å²) in [5.74, 6) is -0.456. The highest BCUT2D eigenvalue weighted by atomic mass is 32.1. The molecule has 2 amide bonds. The number of benzene rings is 2. The third-order valence-corrected chi connectivity index (χ3v) is 6.36. The van der Waals surface area contributed by atoms with E-state index in [2.05, 4.69) is 15.7 Å². The van der Waals surface area contributed by atoms with Crippen LogP contribution in [0.25, 0.3) is 10.2 Å². The molecule has 0 atom stereocenters. The number of thiophene rings is 1. The minimum absolute atomic E-state index is 0.0194. The molecule has 0 aliphatic carbocycles. The minimum atomic E-state index is -0.274. The van der Waals surface area contributed by atoms with Gasteiger partial charge in [-0.1, -0.05) is 31.2 Å². The van der Waals surface area contributed by atoms with Crippen LogP contribution in [0.4, 0.5) is 10.1 Å². The number of hydrogen-bond donors (Lipinski definition) is 2. The first-order valence-corrected chi connectivity index (χ1v) is 11.6. The van der Waals surface area contributed by atoms with E-state index in [0.29, 0.717) is 24.4 Å². The summed E-state index contributed by atoms with van der Waals surface area (Å²) in [6.07, 6.45) is 1.27. The predicted octanol–water partition coefficient (Wildman–Crippen LogP) is 5.26. The summed E-state index contributed by atoms with van der Waals surface area (Å²) in [5, 5.41) is 11.3. The van der Waals surface area contributed by atoms with Gasteiger partial charge in [0.1, 0.15) is 10.6 Å². The molecule has 0 bridgehead atoms. The van der Waals surface area contributed by atoms with E-state index in [1.807, 2.05) is 48.9 Å². The van der Waals surface area contributed by atoms with Crippen LogP contribution in [0.15, 0.2) is 54.6 Å². The van der Waals surface area contributed by atoms with E-state index in [1.54, 1.807) is 12.1 Å². The van der Waals surface area contributed by atoms with Crippen LogP contribution < -0.4 is 10.6 Å². The van der Waals surface area contributed by atoms with Crippen LogP contribution in [-0.2, 0) is 17.9 Å². The Morgan fingerprint density at radius 3 is 2.64 bits per heavy atom. The van der Waals surface area contributed by atoms with E-state index in [4.69, 9.17) is 0 Å². The molecule has 0 unspecified atom stereocenters. The third kappa shape index (κ3) is 5.46. The van der Waals surface area contributed by atoms with E-state index in [1.165, 1.54) is 23.5 Å². The van der Waals surface area contributed by atoms with Crippen LogP contribution in [0.2, 0.25) is 0 Å². The van der Waals surface area contributed by atoms with Crippen LogP contribution >= 0.6 is 11.3 Å². The maximum Gasteiger partial charge on any atom is 0.261 e. The third-order valence-electron chi connectivity index (χ3n) is 5.22. The number of carbonyl (C=O) groups is 2. The van der Waals surface area contributed by atoms with Gasteiger partial charge in [-0.05, 0) is 54.8 Å². The van der Waals surface area contributed by atoms with Gasteiger partial charge in [0, 0.05) is 24.0 Å². The number of hydrogen-bond acceptors (Lipinski definition) is 4. The predicted molar refractivity (Wildman–Crippen MR) is 129 cm³/mol. The monoisotopic (exact) mass is 464 g/mol. The first-order valence-electron chi connectivity index (χ1n) is 10.8. The molecule has 33 heavy (non-hydrogen) atoms. The molecule has 2 aromatic heterocycles. The van der Waals surface area contributed by atoms with Crippen molar-refractivity contribution in [2.24, 2.45) is 0 Å². The standard InChI is InChI=1S/C25H25FN4O2S/c1-3-5-23(31)28-20-7-4-6-18(12-20)14-27-24(32)22-13-21-16(2)29-30(25(21)33-22)15-17-8-10-19(26)11-9-17/h4,6-13H,3,5,14-15H2,1-2H3,(H,27,32)(H,28,31). The van der Waals surface area contributed by atoms with E-state index in [0.717, 1.165) is 39.1 Å². The molecule has 4 aromatic rings. The normalized spacial score (nSPS) is 11.0. The second-order valence-corrected chi connectivity index (χ2v) is 8.91. The highest BCUT2D eigenvalue weighted by Crippen LogP contribution is 2.29. The number of aromatic nitrogens is 2. The summed E-state index contributed by atoms with van der Waals surface area (Å²) in [7, 11) is 0. The lowest BCUT2D eigenvalue weighted by molar-refractivity contribution is -0.116. The SMILES string of the molecule is CCCC(=O)Nc1cccc(CNC(=O)c2cc3c(C)nn(Cc4ccc(F)cc4)c3s2)c1. The largest absolute Gasteiger partial charge is 0.347 e. The molecule has 2 aromatic carbocycles. The van der Waals surface area contributed by atoms with E-state index in [-0.39, 0.29) is 17.6 Å². The molecule has 0 fully saturated rings. The fraction of sp³-hybridized carbons (Fsp3) is 0.240. The molecule has 0 saturated carbocycles. The van der Waals surface area contributed by atoms with Gasteiger partial charge in [-0.15, -0.1) is 11.3 Å². The maximum atomic E-state index is 13.2. The fourth-order valence-electron chi connectivity index (χ4n) is 3.57. The van der Waals surface area contributed by atoms with Crippen molar-refractivity contribution in [3.8, 4) is 0 Å². The zero-order valence-corrected chi connectivity index (χ0v) is 19.3. The van der Waals surface area contributed by atoms with Crippen molar-refractivity contribution in [2.75, 3.05) is 5.32 Å². The molecule has 0 spiro atoms. The molecule has 170 valence electrons. The average molecular weight is 465 g/mol. The van der Waals surface area contributed by atoms with E-state index in [9.17, 15) is 14.0 Å². The Kier molecular flexibility index (Phi) is 6.84. The number of nitrogens with zero attached hydrogens (tertiary/aromatic N) is 2. The minimum Gasteiger partial charge on any atom is -0.347 e. The summed E-state index contributed by atoms with van der Waals surface area (Å²) >= 11 is 1.38. The number of carbonyl (C=O) groups excluding carboxylic acids is 2. The fourth-order valence-corrected chi connectivity index (χ4v) is 4.65. The summed E-state index contributed by atoms with van der Waals surface area (Å²) in [5.41, 5.74) is 3.40. The first-order chi connectivity index (χ1) is 15.9. The number of nitrogens with one attached hydrogen (secondary N) is 2. The van der Waals surface area contributed by atoms with Crippen molar-refractivity contribution in [3.63, 3.8) is 0 Å². The van der Waals surface area contributed by atoms with Crippen LogP contribution in [0.1, 0.15) is 46.3 Å². The van der Waals surface area contributed by atoms with Crippen LogP contribution in [-0.4, -0.2) is 21.6 Å². The summed E-state index contributed by atoms with van der Waals surface area (Å²) < 4.78 is 15.0. The molecular weight excluding hydrogens is 439 g/mol. The van der Waals surface area contributed by atoms with Crippen LogP contribution in [0.3, 0.4) is 0 Å². The van der Waals surface area contributed by atoms with Gasteiger partial charge in [0.05, 0.1) is 17.1 Å². The maximum absolute atomic E-state index is 13.2. The highest BCUT2D eigenvalue weighted by molar-refractivity contribution is 7.20. The zero-order valence-electron chi connectivity index (χ0n) is 18.5. The number of rotatable bonds is 8. The van der Waals surface area contributed by atoms with Crippen molar-refractivity contribution in [3.05, 3.63) is 82.1 Å². The number of aryl methyl sites for hydroxylation is 1. The summed E-state index contributed by atoms with van der Waals surface area (Å²) in [4.78, 5) is 26.1. The molecule has 4 rings (SSSR count). The Balaban J connectivity index is 1.44. The Morgan fingerprint density at radius 1 is 1.09 bits per heavy atom. The molecular formula is C25H25FN4O2S. The quantitative estimate of drug-likeness (QED) is 0.373. The smallest absolute Gasteiger partial charge is 0.261 e. The number of halogens is 1. The molecule has 0 radical (unpaired) electrons. The average Bonchev–Trinajstić information content (AvgIpc) is 3.35. The first kappa shape index (κ1) is 22.7. The second kappa shape index (κ2) is 9.95. The van der Waals surface area contributed by atoms with Crippen molar-refractivity contribution in [1.82, 2.24) is 15.1 Å². The highest BCUT2D eigenvalue weighted by Gasteiger charge is 2.16. The number of amides is 2. The Bertz CT molecular complexity index is 1290. The lowest BCUT2D eigenvalue weighted by Crippen LogP contribution is -2.22. The van der Waals surface area contributed by atoms with Crippen molar-refractivity contribution in [1.29, 1.82) is 0 Å². The molecule has 2 N–H and O–H groups in total. The Hall–Kier alpha value is -3.52. The molecule has 8 heteroatoms. The van der Waals surface area contributed by atoms with Gasteiger partial charge < -0.3 is 10.6 Å². The lowest BCUT2D eigenvalue weighted by atomic mass is 10.2. The van der Waals surface area contributed by atoms with Crippen molar-refractivity contribution >= 4 is 39.1 Å². The summed E-state index contributed by atoms with van der Waals surface area (Å²) in [6, 6.07) is 15.7. The van der Waals surface area contributed by atoms with Crippen molar-refractivity contribution < 1.29 is 14.0 Å². The Morgan fingerprint density at radius 2 is 1.88 bits per heavy atom. The topological polar surface area (TPSA) is 76.0 Å². The Labute approximate surface area is 195 Å². The van der Waals surface area contributed by atoms with Gasteiger partial charge in [-0.3, -0.25) is 14.3 Å². The van der Waals surface area contributed by atoms with Crippen LogP contribution in [0.5, 0.6) is 0 Å². The number of fused-ring (bicyclic) bond motifs is 1. The van der Waals surface area contributed by atoms with E-state index < -0.39 is 0 Å². The molecule has 0 saturated heterocycles. The second-order valence-electron chi connectivity index (χ2n) is 7.88. The van der Waals surface area contributed by atoms with Gasteiger partial charge >= 0.3 is 0 Å². The molecule has 6 nitrogen and oxygen atoms in total. The zero-order chi connectivity index (χ0) is 23.4. The molecule has 0 aliphatic rings. The molecule has 2 heterocycles. The number of anilines is 1. The van der Waals surface area contributed by atoms with Gasteiger partial charge in [-0.25, -0.2) is 4.39 Å². The van der Waals surface area contributed by atoms with Gasteiger partial charge in [0.25, 0.3) is 5.91 Å². The van der Waals surface area contributed by atoms with E-state index >= 15 is 0 Å². The van der Waals surface area contributed by atoms with Crippen LogP contribution in [0, 0.1) is 12.7 Å². The van der Waals surface area contributed by atoms with Gasteiger partial charge in [-0.2, -0.15) is 5.10 Å². The van der Waals surface area contributed by atoms with Crippen molar-refractivity contribution in [2.45, 2.75) is 39.8 Å². The summed E-state index contributed by atoms with van der Waals surface area (Å²) in [6.45, 7) is 4.73.